The Morgan fingerprint density at radius 3 is 2.57 bits per heavy atom. The summed E-state index contributed by atoms with van der Waals surface area (Å²) in [5.74, 6) is -0.208. The molecule has 0 atom stereocenters. The molecule has 3 rings (SSSR count). The van der Waals surface area contributed by atoms with Crippen LogP contribution >= 0.6 is 11.8 Å². The van der Waals surface area contributed by atoms with E-state index in [2.05, 4.69) is 4.90 Å². The average Bonchev–Trinajstić information content (AvgIpc) is 2.77. The lowest BCUT2D eigenvalue weighted by Gasteiger charge is -2.29. The van der Waals surface area contributed by atoms with E-state index >= 15 is 0 Å². The number of carbonyl (C=O) groups is 2. The zero-order chi connectivity index (χ0) is 14.7. The summed E-state index contributed by atoms with van der Waals surface area (Å²) < 4.78 is 5.27. The van der Waals surface area contributed by atoms with Crippen LogP contribution < -0.4 is 0 Å². The predicted octanol–water partition coefficient (Wildman–Crippen LogP) is 2.01. The lowest BCUT2D eigenvalue weighted by molar-refractivity contribution is -0.125. The van der Waals surface area contributed by atoms with Crippen LogP contribution in [0.5, 0.6) is 0 Å². The molecule has 1 aromatic rings. The molecule has 2 fully saturated rings. The van der Waals surface area contributed by atoms with Gasteiger partial charge in [0.15, 0.2) is 0 Å². The van der Waals surface area contributed by atoms with E-state index in [0.29, 0.717) is 24.8 Å². The molecule has 110 valence electrons. The van der Waals surface area contributed by atoms with Gasteiger partial charge >= 0.3 is 0 Å². The minimum Gasteiger partial charge on any atom is -0.379 e. The quantitative estimate of drug-likeness (QED) is 0.800. The largest absolute Gasteiger partial charge is 0.379 e. The van der Waals surface area contributed by atoms with Gasteiger partial charge in [-0.15, -0.1) is 0 Å². The van der Waals surface area contributed by atoms with Crippen LogP contribution in [0.1, 0.15) is 5.56 Å². The molecule has 2 heterocycles. The van der Waals surface area contributed by atoms with E-state index in [1.54, 1.807) is 6.08 Å². The van der Waals surface area contributed by atoms with Crippen LogP contribution in [0, 0.1) is 0 Å². The normalized spacial score (nSPS) is 22.3. The first kappa shape index (κ1) is 14.3. The maximum absolute atomic E-state index is 12.4. The predicted molar refractivity (Wildman–Crippen MR) is 81.5 cm³/mol. The molecule has 0 bridgehead atoms. The van der Waals surface area contributed by atoms with Crippen LogP contribution in [0.25, 0.3) is 6.08 Å². The van der Waals surface area contributed by atoms with E-state index in [9.17, 15) is 9.59 Å². The topological polar surface area (TPSA) is 49.9 Å². The minimum atomic E-state index is -0.208. The summed E-state index contributed by atoms with van der Waals surface area (Å²) in [6.07, 6.45) is 1.77. The highest BCUT2D eigenvalue weighted by molar-refractivity contribution is 8.18. The molecule has 2 aliphatic heterocycles. The molecule has 2 amide bonds. The molecule has 5 nitrogen and oxygen atoms in total. The summed E-state index contributed by atoms with van der Waals surface area (Å²) in [5, 5.41) is -0.200. The van der Waals surface area contributed by atoms with Gasteiger partial charge in [-0.05, 0) is 23.4 Å². The van der Waals surface area contributed by atoms with Crippen molar-refractivity contribution in [3.8, 4) is 0 Å². The number of ether oxygens (including phenoxy) is 1. The number of imide groups is 1. The van der Waals surface area contributed by atoms with Crippen molar-refractivity contribution in [1.29, 1.82) is 0 Å². The molecule has 0 spiro atoms. The summed E-state index contributed by atoms with van der Waals surface area (Å²) in [4.78, 5) is 28.2. The Morgan fingerprint density at radius 1 is 1.14 bits per heavy atom. The van der Waals surface area contributed by atoms with Gasteiger partial charge in [0.2, 0.25) is 0 Å². The number of amides is 2. The lowest BCUT2D eigenvalue weighted by Crippen LogP contribution is -2.45. The molecule has 21 heavy (non-hydrogen) atoms. The third kappa shape index (κ3) is 3.34. The van der Waals surface area contributed by atoms with Gasteiger partial charge < -0.3 is 4.74 Å². The smallest absolute Gasteiger partial charge is 0.294 e. The second kappa shape index (κ2) is 6.43. The Hall–Kier alpha value is -1.63. The molecule has 0 aromatic heterocycles. The van der Waals surface area contributed by atoms with Gasteiger partial charge in [-0.3, -0.25) is 19.4 Å². The van der Waals surface area contributed by atoms with Gasteiger partial charge in [-0.1, -0.05) is 30.3 Å². The van der Waals surface area contributed by atoms with Crippen molar-refractivity contribution >= 4 is 29.0 Å². The minimum absolute atomic E-state index is 0.200. The van der Waals surface area contributed by atoms with Crippen molar-refractivity contribution in [2.75, 3.05) is 33.0 Å². The van der Waals surface area contributed by atoms with Crippen molar-refractivity contribution in [1.82, 2.24) is 9.80 Å². The highest BCUT2D eigenvalue weighted by atomic mass is 32.2. The van der Waals surface area contributed by atoms with Crippen LogP contribution in [0.2, 0.25) is 0 Å². The van der Waals surface area contributed by atoms with Crippen LogP contribution in [0.15, 0.2) is 35.2 Å². The molecule has 0 aliphatic carbocycles. The van der Waals surface area contributed by atoms with Gasteiger partial charge in [0.05, 0.1) is 24.8 Å². The molecule has 6 heteroatoms. The number of hydrogen-bond acceptors (Lipinski definition) is 5. The number of rotatable bonds is 3. The average molecular weight is 304 g/mol. The third-order valence-electron chi connectivity index (χ3n) is 3.42. The Bertz CT molecular complexity index is 568. The highest BCUT2D eigenvalue weighted by Crippen LogP contribution is 2.32. The Balaban J connectivity index is 1.71. The van der Waals surface area contributed by atoms with Crippen molar-refractivity contribution in [3.05, 3.63) is 40.8 Å². The van der Waals surface area contributed by atoms with Crippen LogP contribution in [0.4, 0.5) is 4.79 Å². The lowest BCUT2D eigenvalue weighted by atomic mass is 10.2. The molecule has 1 aromatic carbocycles. The Morgan fingerprint density at radius 2 is 1.86 bits per heavy atom. The van der Waals surface area contributed by atoms with Gasteiger partial charge in [0, 0.05) is 13.1 Å². The molecule has 0 radical (unpaired) electrons. The first-order valence-corrected chi connectivity index (χ1v) is 7.66. The number of hydrogen-bond donors (Lipinski definition) is 0. The maximum atomic E-state index is 12.4. The molecule has 2 aliphatic rings. The second-order valence-electron chi connectivity index (χ2n) is 4.89. The number of thioether (sulfide) groups is 1. The van der Waals surface area contributed by atoms with Crippen LogP contribution in [-0.4, -0.2) is 53.9 Å². The summed E-state index contributed by atoms with van der Waals surface area (Å²) in [7, 11) is 0. The molecule has 2 saturated heterocycles. The number of carbonyl (C=O) groups excluding carboxylic acids is 2. The summed E-state index contributed by atoms with van der Waals surface area (Å²) in [6, 6.07) is 9.56. The second-order valence-corrected chi connectivity index (χ2v) is 5.89. The third-order valence-corrected chi connectivity index (χ3v) is 4.32. The number of morpholine rings is 1. The Kier molecular flexibility index (Phi) is 4.38. The van der Waals surface area contributed by atoms with Gasteiger partial charge in [-0.25, -0.2) is 0 Å². The van der Waals surface area contributed by atoms with Crippen LogP contribution in [-0.2, 0) is 9.53 Å². The molecule has 0 N–H and O–H groups in total. The fraction of sp³-hybridized carbons (Fsp3) is 0.333. The van der Waals surface area contributed by atoms with Gasteiger partial charge in [0.1, 0.15) is 0 Å². The number of benzene rings is 1. The van der Waals surface area contributed by atoms with E-state index in [4.69, 9.17) is 4.74 Å². The standard InChI is InChI=1S/C15H16N2O3S/c18-14-13(10-12-4-2-1-3-5-12)21-15(19)17(14)11-16-6-8-20-9-7-16/h1-5,10H,6-9,11H2/b13-10-. The molecular formula is C15H16N2O3S. The zero-order valence-electron chi connectivity index (χ0n) is 11.5. The fourth-order valence-electron chi connectivity index (χ4n) is 2.27. The molecular weight excluding hydrogens is 288 g/mol. The van der Waals surface area contributed by atoms with Gasteiger partial charge in [0.25, 0.3) is 11.1 Å². The van der Waals surface area contributed by atoms with E-state index < -0.39 is 0 Å². The molecule has 0 saturated carbocycles. The van der Waals surface area contributed by atoms with E-state index in [-0.39, 0.29) is 11.1 Å². The molecule has 0 unspecified atom stereocenters. The van der Waals surface area contributed by atoms with Crippen molar-refractivity contribution in [3.63, 3.8) is 0 Å². The highest BCUT2D eigenvalue weighted by Gasteiger charge is 2.36. The SMILES string of the molecule is O=C1S/C(=C\c2ccccc2)C(=O)N1CN1CCOCC1. The van der Waals surface area contributed by atoms with E-state index in [0.717, 1.165) is 30.4 Å². The van der Waals surface area contributed by atoms with Crippen molar-refractivity contribution in [2.24, 2.45) is 0 Å². The zero-order valence-corrected chi connectivity index (χ0v) is 12.3. The maximum Gasteiger partial charge on any atom is 0.294 e. The summed E-state index contributed by atoms with van der Waals surface area (Å²) >= 11 is 1.01. The van der Waals surface area contributed by atoms with E-state index in [1.165, 1.54) is 4.90 Å². The summed E-state index contributed by atoms with van der Waals surface area (Å²) in [6.45, 7) is 3.14. The number of nitrogens with zero attached hydrogens (tertiary/aromatic N) is 2. The van der Waals surface area contributed by atoms with E-state index in [1.807, 2.05) is 30.3 Å². The Labute approximate surface area is 127 Å². The van der Waals surface area contributed by atoms with Crippen molar-refractivity contribution in [2.45, 2.75) is 0 Å². The fourth-order valence-corrected chi connectivity index (χ4v) is 3.10. The van der Waals surface area contributed by atoms with Crippen LogP contribution in [0.3, 0.4) is 0 Å². The first-order valence-electron chi connectivity index (χ1n) is 6.84. The first-order chi connectivity index (χ1) is 10.2. The van der Waals surface area contributed by atoms with Gasteiger partial charge in [-0.2, -0.15) is 0 Å². The van der Waals surface area contributed by atoms with Crippen molar-refractivity contribution < 1.29 is 14.3 Å². The summed E-state index contributed by atoms with van der Waals surface area (Å²) in [5.41, 5.74) is 0.925. The monoisotopic (exact) mass is 304 g/mol.